The Morgan fingerprint density at radius 2 is 2.00 bits per heavy atom. The molecule has 1 heterocycles. The highest BCUT2D eigenvalue weighted by molar-refractivity contribution is 4.85. The Hall–Kier alpha value is -0.110. The molecular formula is C12H24FN. The Balaban J connectivity index is 2.39. The largest absolute Gasteiger partial charge is 0.313 e. The van der Waals surface area contributed by atoms with Crippen molar-refractivity contribution in [2.45, 2.75) is 52.1 Å². The van der Waals surface area contributed by atoms with E-state index in [-0.39, 0.29) is 0 Å². The van der Waals surface area contributed by atoms with Gasteiger partial charge in [-0.05, 0) is 5.92 Å². The van der Waals surface area contributed by atoms with Crippen LogP contribution < -0.4 is 5.32 Å². The first kappa shape index (κ1) is 12.0. The van der Waals surface area contributed by atoms with E-state index in [4.69, 9.17) is 0 Å². The minimum Gasteiger partial charge on any atom is -0.313 e. The van der Waals surface area contributed by atoms with Crippen LogP contribution in [0.2, 0.25) is 0 Å². The molecule has 0 radical (unpaired) electrons. The second-order valence-corrected chi connectivity index (χ2v) is 4.53. The monoisotopic (exact) mass is 201 g/mol. The van der Waals surface area contributed by atoms with Crippen LogP contribution in [0, 0.1) is 11.8 Å². The molecule has 1 nitrogen and oxygen atoms in total. The van der Waals surface area contributed by atoms with Gasteiger partial charge in [0.2, 0.25) is 0 Å². The molecule has 0 aromatic carbocycles. The second kappa shape index (κ2) is 6.39. The maximum atomic E-state index is 13.5. The van der Waals surface area contributed by atoms with Crippen LogP contribution in [0.25, 0.3) is 0 Å². The maximum absolute atomic E-state index is 13.5. The Bertz CT molecular complexity index is 149. The van der Waals surface area contributed by atoms with Gasteiger partial charge in [-0.25, -0.2) is 4.39 Å². The lowest BCUT2D eigenvalue weighted by molar-refractivity contribution is 0.193. The molecule has 0 amide bonds. The van der Waals surface area contributed by atoms with E-state index in [2.05, 4.69) is 19.2 Å². The van der Waals surface area contributed by atoms with Gasteiger partial charge in [0.05, 0.1) is 0 Å². The molecule has 1 aliphatic heterocycles. The fourth-order valence-corrected chi connectivity index (χ4v) is 2.54. The first-order valence-electron chi connectivity index (χ1n) is 6.14. The number of rotatable bonds is 6. The van der Waals surface area contributed by atoms with Crippen LogP contribution in [0.1, 0.15) is 46.0 Å². The quantitative estimate of drug-likeness (QED) is 0.696. The highest BCUT2D eigenvalue weighted by Crippen LogP contribution is 2.29. The van der Waals surface area contributed by atoms with Crippen molar-refractivity contribution in [1.82, 2.24) is 5.32 Å². The number of halogens is 1. The van der Waals surface area contributed by atoms with Gasteiger partial charge in [0, 0.05) is 19.0 Å². The van der Waals surface area contributed by atoms with Crippen molar-refractivity contribution >= 4 is 0 Å². The van der Waals surface area contributed by atoms with Crippen LogP contribution in [-0.2, 0) is 0 Å². The van der Waals surface area contributed by atoms with E-state index in [9.17, 15) is 4.39 Å². The summed E-state index contributed by atoms with van der Waals surface area (Å²) in [5.41, 5.74) is 0. The number of nitrogens with one attached hydrogen (secondary N) is 1. The second-order valence-electron chi connectivity index (χ2n) is 4.53. The van der Waals surface area contributed by atoms with Crippen molar-refractivity contribution in [1.29, 1.82) is 0 Å². The molecule has 1 fully saturated rings. The van der Waals surface area contributed by atoms with Crippen LogP contribution in [-0.4, -0.2) is 19.3 Å². The van der Waals surface area contributed by atoms with Crippen molar-refractivity contribution in [3.05, 3.63) is 0 Å². The van der Waals surface area contributed by atoms with Crippen LogP contribution >= 0.6 is 0 Å². The van der Waals surface area contributed by atoms with Gasteiger partial charge in [0.25, 0.3) is 0 Å². The van der Waals surface area contributed by atoms with Crippen molar-refractivity contribution in [2.75, 3.05) is 13.1 Å². The summed E-state index contributed by atoms with van der Waals surface area (Å²) in [6.45, 7) is 5.89. The SMILES string of the molecule is CCCCC(CCC)C1CNC[C@H]1F. The normalized spacial score (nSPS) is 29.4. The van der Waals surface area contributed by atoms with Crippen molar-refractivity contribution in [3.8, 4) is 0 Å². The van der Waals surface area contributed by atoms with Gasteiger partial charge in [-0.1, -0.05) is 46.0 Å². The maximum Gasteiger partial charge on any atom is 0.117 e. The average Bonchev–Trinajstić information content (AvgIpc) is 2.59. The molecular weight excluding hydrogens is 177 g/mol. The molecule has 1 aliphatic rings. The zero-order chi connectivity index (χ0) is 10.4. The molecule has 0 aliphatic carbocycles. The lowest BCUT2D eigenvalue weighted by Gasteiger charge is -2.23. The summed E-state index contributed by atoms with van der Waals surface area (Å²) in [6, 6.07) is 0. The summed E-state index contributed by atoms with van der Waals surface area (Å²) in [5.74, 6) is 0.909. The molecule has 2 unspecified atom stereocenters. The Kier molecular flexibility index (Phi) is 5.46. The number of alkyl halides is 1. The van der Waals surface area contributed by atoms with Crippen LogP contribution in [0.5, 0.6) is 0 Å². The molecule has 0 bridgehead atoms. The van der Waals surface area contributed by atoms with Gasteiger partial charge in [0.1, 0.15) is 6.17 Å². The first-order valence-corrected chi connectivity index (χ1v) is 6.14. The topological polar surface area (TPSA) is 12.0 Å². The van der Waals surface area contributed by atoms with Gasteiger partial charge in [0.15, 0.2) is 0 Å². The first-order chi connectivity index (χ1) is 6.79. The lowest BCUT2D eigenvalue weighted by atomic mass is 9.83. The summed E-state index contributed by atoms with van der Waals surface area (Å²) in [5, 5.41) is 3.16. The third-order valence-corrected chi connectivity index (χ3v) is 3.38. The van der Waals surface area contributed by atoms with Crippen LogP contribution in [0.3, 0.4) is 0 Å². The number of hydrogen-bond acceptors (Lipinski definition) is 1. The minimum atomic E-state index is -0.594. The predicted molar refractivity (Wildman–Crippen MR) is 59.2 cm³/mol. The van der Waals surface area contributed by atoms with Crippen molar-refractivity contribution < 1.29 is 4.39 Å². The molecule has 3 atom stereocenters. The highest BCUT2D eigenvalue weighted by atomic mass is 19.1. The van der Waals surface area contributed by atoms with E-state index in [0.29, 0.717) is 18.4 Å². The van der Waals surface area contributed by atoms with E-state index in [0.717, 1.165) is 6.54 Å². The molecule has 1 N–H and O–H groups in total. The Labute approximate surface area is 87.5 Å². The number of unbranched alkanes of at least 4 members (excludes halogenated alkanes) is 1. The van der Waals surface area contributed by atoms with E-state index in [1.165, 1.54) is 32.1 Å². The summed E-state index contributed by atoms with van der Waals surface area (Å²) in [6.07, 6.45) is 5.51. The molecule has 0 aromatic rings. The third kappa shape index (κ3) is 3.23. The van der Waals surface area contributed by atoms with E-state index in [1.807, 2.05) is 0 Å². The minimum absolute atomic E-state index is 0.293. The Morgan fingerprint density at radius 3 is 2.50 bits per heavy atom. The van der Waals surface area contributed by atoms with Crippen molar-refractivity contribution in [2.24, 2.45) is 11.8 Å². The molecule has 1 rings (SSSR count). The highest BCUT2D eigenvalue weighted by Gasteiger charge is 2.32. The zero-order valence-electron chi connectivity index (χ0n) is 9.56. The molecule has 0 aromatic heterocycles. The predicted octanol–water partition coefficient (Wildman–Crippen LogP) is 3.15. The summed E-state index contributed by atoms with van der Waals surface area (Å²) in [7, 11) is 0. The molecule has 84 valence electrons. The van der Waals surface area contributed by atoms with Gasteiger partial charge in [-0.15, -0.1) is 0 Å². The van der Waals surface area contributed by atoms with Gasteiger partial charge < -0.3 is 5.32 Å². The number of hydrogen-bond donors (Lipinski definition) is 1. The molecule has 1 saturated heterocycles. The zero-order valence-corrected chi connectivity index (χ0v) is 9.56. The average molecular weight is 201 g/mol. The molecule has 0 spiro atoms. The summed E-state index contributed by atoms with van der Waals surface area (Å²) in [4.78, 5) is 0. The van der Waals surface area contributed by atoms with E-state index >= 15 is 0 Å². The van der Waals surface area contributed by atoms with Gasteiger partial charge in [-0.2, -0.15) is 0 Å². The van der Waals surface area contributed by atoms with Gasteiger partial charge in [-0.3, -0.25) is 0 Å². The fraction of sp³-hybridized carbons (Fsp3) is 1.00. The Morgan fingerprint density at radius 1 is 1.21 bits per heavy atom. The van der Waals surface area contributed by atoms with Crippen LogP contribution in [0.4, 0.5) is 4.39 Å². The van der Waals surface area contributed by atoms with E-state index < -0.39 is 6.17 Å². The smallest absolute Gasteiger partial charge is 0.117 e. The molecule has 2 heteroatoms. The van der Waals surface area contributed by atoms with Gasteiger partial charge >= 0.3 is 0 Å². The molecule has 14 heavy (non-hydrogen) atoms. The molecule has 0 saturated carbocycles. The van der Waals surface area contributed by atoms with Crippen LogP contribution in [0.15, 0.2) is 0 Å². The third-order valence-electron chi connectivity index (χ3n) is 3.38. The summed E-state index contributed by atoms with van der Waals surface area (Å²) >= 11 is 0. The van der Waals surface area contributed by atoms with E-state index in [1.54, 1.807) is 0 Å². The van der Waals surface area contributed by atoms with Crippen molar-refractivity contribution in [3.63, 3.8) is 0 Å². The summed E-state index contributed by atoms with van der Waals surface area (Å²) < 4.78 is 13.5. The lowest BCUT2D eigenvalue weighted by Crippen LogP contribution is -2.23. The standard InChI is InChI=1S/C12H24FN/c1-3-5-7-10(6-4-2)11-8-14-9-12(11)13/h10-12,14H,3-9H2,1-2H3/t10?,11?,12-/m1/s1. The fourth-order valence-electron chi connectivity index (χ4n) is 2.54.